The van der Waals surface area contributed by atoms with E-state index in [0.717, 1.165) is 24.0 Å². The van der Waals surface area contributed by atoms with Gasteiger partial charge >= 0.3 is 5.97 Å². The van der Waals surface area contributed by atoms with Gasteiger partial charge in [-0.3, -0.25) is 9.59 Å². The summed E-state index contributed by atoms with van der Waals surface area (Å²) in [4.78, 5) is 24.0. The molecule has 2 aliphatic heterocycles. The highest BCUT2D eigenvalue weighted by atomic mass is 16.6. The summed E-state index contributed by atoms with van der Waals surface area (Å²) in [7, 11) is 0. The van der Waals surface area contributed by atoms with Crippen LogP contribution in [-0.2, 0) is 22.5 Å². The van der Waals surface area contributed by atoms with Crippen molar-refractivity contribution in [3.8, 4) is 11.5 Å². The molecule has 5 rings (SSSR count). The lowest BCUT2D eigenvalue weighted by Gasteiger charge is -2.65. The zero-order chi connectivity index (χ0) is 23.2. The standard InChI is InChI=1S/C25H33NO6/c1-12-6-7-19-23(3,4)21(31-13(2)27)18(29)10-24(19,5)25(12)9-15-17(28)8-14-16(20(15)32-25)11-26-22(14)30/h8,12,18-19,21,28-29H,6-7,9-11H2,1-5H3,(H,26,30)/t12-,18-,19+,21-,24+,25+/m1/s1. The van der Waals surface area contributed by atoms with Crippen molar-refractivity contribution in [2.24, 2.45) is 22.7 Å². The second-order valence-corrected chi connectivity index (χ2v) is 11.2. The minimum atomic E-state index is -0.813. The number of amides is 1. The fourth-order valence-corrected chi connectivity index (χ4v) is 7.72. The van der Waals surface area contributed by atoms with Gasteiger partial charge in [-0.25, -0.2) is 0 Å². The first-order valence-electron chi connectivity index (χ1n) is 11.6. The van der Waals surface area contributed by atoms with E-state index in [0.29, 0.717) is 30.7 Å². The molecule has 3 N–H and O–H groups in total. The molecule has 7 nitrogen and oxygen atoms in total. The van der Waals surface area contributed by atoms with Crippen molar-refractivity contribution in [2.45, 2.75) is 84.7 Å². The second-order valence-electron chi connectivity index (χ2n) is 11.2. The molecule has 1 aromatic rings. The average molecular weight is 444 g/mol. The Kier molecular flexibility index (Phi) is 4.46. The lowest BCUT2D eigenvalue weighted by atomic mass is 9.43. The average Bonchev–Trinajstić information content (AvgIpc) is 3.27. The number of benzene rings is 1. The van der Waals surface area contributed by atoms with E-state index in [1.807, 2.05) is 0 Å². The number of nitrogens with one attached hydrogen (secondary N) is 1. The number of hydrogen-bond donors (Lipinski definition) is 3. The van der Waals surface area contributed by atoms with Crippen LogP contribution < -0.4 is 10.1 Å². The van der Waals surface area contributed by atoms with Crippen molar-refractivity contribution in [3.05, 3.63) is 22.8 Å². The topological polar surface area (TPSA) is 105 Å². The summed E-state index contributed by atoms with van der Waals surface area (Å²) in [6.07, 6.45) is 1.46. The van der Waals surface area contributed by atoms with Gasteiger partial charge in [0.2, 0.25) is 0 Å². The summed E-state index contributed by atoms with van der Waals surface area (Å²) in [5.74, 6) is 0.474. The number of carbonyl (C=O) groups excluding carboxylic acids is 2. The number of rotatable bonds is 1. The van der Waals surface area contributed by atoms with Crippen LogP contribution in [0.4, 0.5) is 0 Å². The van der Waals surface area contributed by atoms with E-state index in [1.165, 1.54) is 6.92 Å². The van der Waals surface area contributed by atoms with Crippen molar-refractivity contribution in [2.75, 3.05) is 0 Å². The van der Waals surface area contributed by atoms with Crippen LogP contribution in [0.5, 0.6) is 11.5 Å². The molecule has 2 fully saturated rings. The summed E-state index contributed by atoms with van der Waals surface area (Å²) in [6, 6.07) is 1.56. The smallest absolute Gasteiger partial charge is 0.303 e. The molecule has 7 heteroatoms. The Balaban J connectivity index is 1.62. The molecular formula is C25H33NO6. The van der Waals surface area contributed by atoms with Gasteiger partial charge in [0, 0.05) is 41.8 Å². The number of aromatic hydroxyl groups is 1. The maximum atomic E-state index is 12.2. The van der Waals surface area contributed by atoms with Crippen LogP contribution in [0, 0.1) is 22.7 Å². The first-order valence-corrected chi connectivity index (χ1v) is 11.6. The van der Waals surface area contributed by atoms with E-state index in [2.05, 4.69) is 33.0 Å². The van der Waals surface area contributed by atoms with Gasteiger partial charge in [-0.05, 0) is 37.2 Å². The quantitative estimate of drug-likeness (QED) is 0.576. The molecule has 0 saturated heterocycles. The van der Waals surface area contributed by atoms with E-state index in [1.54, 1.807) is 6.07 Å². The van der Waals surface area contributed by atoms with Crippen LogP contribution in [0.1, 0.15) is 75.4 Å². The fraction of sp³-hybridized carbons (Fsp3) is 0.680. The normalized spacial score (nSPS) is 39.0. The molecular weight excluding hydrogens is 410 g/mol. The largest absolute Gasteiger partial charge is 0.508 e. The highest BCUT2D eigenvalue weighted by Gasteiger charge is 2.69. The number of esters is 1. The Morgan fingerprint density at radius 3 is 2.66 bits per heavy atom. The monoisotopic (exact) mass is 443 g/mol. The molecule has 0 aromatic heterocycles. The molecule has 0 radical (unpaired) electrons. The van der Waals surface area contributed by atoms with E-state index in [4.69, 9.17) is 9.47 Å². The Morgan fingerprint density at radius 1 is 1.25 bits per heavy atom. The van der Waals surface area contributed by atoms with Gasteiger partial charge < -0.3 is 25.0 Å². The number of ether oxygens (including phenoxy) is 2. The Morgan fingerprint density at radius 2 is 1.97 bits per heavy atom. The zero-order valence-electron chi connectivity index (χ0n) is 19.4. The van der Waals surface area contributed by atoms with Crippen LogP contribution >= 0.6 is 0 Å². The molecule has 174 valence electrons. The molecule has 1 aromatic carbocycles. The van der Waals surface area contributed by atoms with Gasteiger partial charge in [0.15, 0.2) is 0 Å². The van der Waals surface area contributed by atoms with Crippen LogP contribution in [0.25, 0.3) is 0 Å². The lowest BCUT2D eigenvalue weighted by Crippen LogP contribution is -2.69. The van der Waals surface area contributed by atoms with Gasteiger partial charge in [0.25, 0.3) is 5.91 Å². The van der Waals surface area contributed by atoms with E-state index < -0.39 is 28.6 Å². The van der Waals surface area contributed by atoms with Crippen LogP contribution in [-0.4, -0.2) is 39.9 Å². The third-order valence-corrected chi connectivity index (χ3v) is 9.18. The Labute approximate surface area is 188 Å². The molecule has 0 bridgehead atoms. The molecule has 1 amide bonds. The summed E-state index contributed by atoms with van der Waals surface area (Å²) < 4.78 is 12.5. The number of phenolic OH excluding ortho intramolecular Hbond substituents is 1. The zero-order valence-corrected chi connectivity index (χ0v) is 19.4. The van der Waals surface area contributed by atoms with Crippen molar-refractivity contribution < 1.29 is 29.3 Å². The SMILES string of the molecule is CC(=O)O[C@@H]1[C@H](O)C[C@@]2(C)[C@@H](CC[C@@H](C)[C@@]23Cc2c(O)cc4c(c2O3)CNC4=O)C1(C)C. The van der Waals surface area contributed by atoms with Crippen LogP contribution in [0.3, 0.4) is 0 Å². The molecule has 6 atom stereocenters. The van der Waals surface area contributed by atoms with Crippen LogP contribution in [0.15, 0.2) is 6.07 Å². The second kappa shape index (κ2) is 6.62. The predicted molar refractivity (Wildman–Crippen MR) is 116 cm³/mol. The number of carbonyl (C=O) groups is 2. The summed E-state index contributed by atoms with van der Waals surface area (Å²) in [5.41, 5.74) is 0.538. The van der Waals surface area contributed by atoms with Crippen molar-refractivity contribution in [3.63, 3.8) is 0 Å². The number of aliphatic hydroxyl groups is 1. The predicted octanol–water partition coefficient (Wildman–Crippen LogP) is 3.08. The van der Waals surface area contributed by atoms with Gasteiger partial charge in [-0.2, -0.15) is 0 Å². The summed E-state index contributed by atoms with van der Waals surface area (Å²) in [6.45, 7) is 10.3. The first kappa shape index (κ1) is 21.6. The first-order chi connectivity index (χ1) is 14.9. The third-order valence-electron chi connectivity index (χ3n) is 9.18. The number of hydrogen-bond acceptors (Lipinski definition) is 6. The van der Waals surface area contributed by atoms with Crippen LogP contribution in [0.2, 0.25) is 0 Å². The molecule has 2 heterocycles. The molecule has 32 heavy (non-hydrogen) atoms. The Hall–Kier alpha value is -2.28. The van der Waals surface area contributed by atoms with Crippen molar-refractivity contribution >= 4 is 11.9 Å². The fourth-order valence-electron chi connectivity index (χ4n) is 7.72. The van der Waals surface area contributed by atoms with Gasteiger partial charge in [0.1, 0.15) is 23.2 Å². The summed E-state index contributed by atoms with van der Waals surface area (Å²) in [5, 5.41) is 24.9. The lowest BCUT2D eigenvalue weighted by molar-refractivity contribution is -0.246. The van der Waals surface area contributed by atoms with E-state index in [-0.39, 0.29) is 29.5 Å². The molecule has 2 saturated carbocycles. The molecule has 4 aliphatic rings. The Bertz CT molecular complexity index is 1020. The maximum Gasteiger partial charge on any atom is 0.303 e. The van der Waals surface area contributed by atoms with Crippen molar-refractivity contribution in [1.82, 2.24) is 5.32 Å². The number of fused-ring (bicyclic) bond motifs is 5. The van der Waals surface area contributed by atoms with Gasteiger partial charge in [-0.15, -0.1) is 0 Å². The van der Waals surface area contributed by atoms with Crippen molar-refractivity contribution in [1.29, 1.82) is 0 Å². The minimum absolute atomic E-state index is 0.0963. The van der Waals surface area contributed by atoms with Gasteiger partial charge in [-0.1, -0.05) is 27.7 Å². The molecule has 2 aliphatic carbocycles. The number of aliphatic hydroxyl groups excluding tert-OH is 1. The molecule has 1 spiro atoms. The molecule has 0 unspecified atom stereocenters. The van der Waals surface area contributed by atoms with E-state index in [9.17, 15) is 19.8 Å². The highest BCUT2D eigenvalue weighted by molar-refractivity contribution is 6.00. The minimum Gasteiger partial charge on any atom is -0.508 e. The third kappa shape index (κ3) is 2.57. The summed E-state index contributed by atoms with van der Waals surface area (Å²) >= 11 is 0. The van der Waals surface area contributed by atoms with E-state index >= 15 is 0 Å². The highest BCUT2D eigenvalue weighted by Crippen LogP contribution is 2.67. The maximum absolute atomic E-state index is 12.2. The van der Waals surface area contributed by atoms with Gasteiger partial charge in [0.05, 0.1) is 11.7 Å². The number of phenols is 1.